The van der Waals surface area contributed by atoms with Crippen molar-refractivity contribution in [2.24, 2.45) is 0 Å². The van der Waals surface area contributed by atoms with Gasteiger partial charge in [-0.3, -0.25) is 0 Å². The number of benzene rings is 3. The minimum Gasteiger partial charge on any atom is -0.489 e. The third-order valence-corrected chi connectivity index (χ3v) is 4.84. The molecule has 0 aromatic heterocycles. The summed E-state index contributed by atoms with van der Waals surface area (Å²) in [5, 5.41) is 12.4. The van der Waals surface area contributed by atoms with Crippen molar-refractivity contribution >= 4 is 21.9 Å². The number of carboxylic acid groups (broad SMARTS) is 1. The molecule has 3 rings (SSSR count). The molecule has 0 atom stereocenters. The van der Waals surface area contributed by atoms with E-state index >= 15 is 0 Å². The number of aromatic carboxylic acids is 1. The van der Waals surface area contributed by atoms with E-state index in [0.29, 0.717) is 25.3 Å². The number of halogens is 1. The number of hydrogen-bond donors (Lipinski definition) is 2. The molecule has 0 aliphatic heterocycles. The fraction of sp³-hybridized carbons (Fsp3) is 0.174. The lowest BCUT2D eigenvalue weighted by atomic mass is 10.1. The highest BCUT2D eigenvalue weighted by atomic mass is 79.9. The van der Waals surface area contributed by atoms with Gasteiger partial charge in [-0.05, 0) is 48.4 Å². The lowest BCUT2D eigenvalue weighted by Crippen LogP contribution is -2.14. The molecule has 0 unspecified atom stereocenters. The van der Waals surface area contributed by atoms with E-state index in [0.717, 1.165) is 26.9 Å². The maximum atomic E-state index is 10.9. The fourth-order valence-electron chi connectivity index (χ4n) is 2.90. The summed E-state index contributed by atoms with van der Waals surface area (Å²) in [5.41, 5.74) is 4.74. The van der Waals surface area contributed by atoms with Crippen molar-refractivity contribution in [3.63, 3.8) is 0 Å². The standard InChI is InChI=1S/C23H22BrNO3/c1-16-3-2-4-18(11-16)15-28-22-10-9-21(24)12-20(22)14-25-13-17-5-7-19(8-6-17)23(26)27/h2-12,25H,13-15H2,1H3,(H,26,27). The summed E-state index contributed by atoms with van der Waals surface area (Å²) in [6, 6.07) is 21.2. The Morgan fingerprint density at radius 1 is 1.00 bits per heavy atom. The highest BCUT2D eigenvalue weighted by Gasteiger charge is 2.07. The molecular formula is C23H22BrNO3. The summed E-state index contributed by atoms with van der Waals surface area (Å²) in [5.74, 6) is -0.0672. The Labute approximate surface area is 173 Å². The molecule has 0 radical (unpaired) electrons. The first-order valence-electron chi connectivity index (χ1n) is 9.01. The molecule has 28 heavy (non-hydrogen) atoms. The molecule has 2 N–H and O–H groups in total. The minimum atomic E-state index is -0.913. The van der Waals surface area contributed by atoms with Crippen LogP contribution in [0.2, 0.25) is 0 Å². The SMILES string of the molecule is Cc1cccc(COc2ccc(Br)cc2CNCc2ccc(C(=O)O)cc2)c1. The number of nitrogens with one attached hydrogen (secondary N) is 1. The Hall–Kier alpha value is -2.63. The quantitative estimate of drug-likeness (QED) is 0.498. The maximum Gasteiger partial charge on any atom is 0.335 e. The first kappa shape index (κ1) is 20.1. The minimum absolute atomic E-state index is 0.294. The predicted molar refractivity (Wildman–Crippen MR) is 114 cm³/mol. The van der Waals surface area contributed by atoms with Crippen molar-refractivity contribution in [1.82, 2.24) is 5.32 Å². The molecule has 0 saturated carbocycles. The van der Waals surface area contributed by atoms with Gasteiger partial charge in [-0.1, -0.05) is 57.9 Å². The Morgan fingerprint density at radius 3 is 2.50 bits per heavy atom. The second-order valence-electron chi connectivity index (χ2n) is 6.64. The molecule has 144 valence electrons. The van der Waals surface area contributed by atoms with Crippen LogP contribution in [0, 0.1) is 6.92 Å². The Bertz CT molecular complexity index is 954. The van der Waals surface area contributed by atoms with Crippen LogP contribution in [-0.2, 0) is 19.7 Å². The lowest BCUT2D eigenvalue weighted by molar-refractivity contribution is 0.0697. The summed E-state index contributed by atoms with van der Waals surface area (Å²) in [6.07, 6.45) is 0. The largest absolute Gasteiger partial charge is 0.489 e. The number of rotatable bonds is 8. The number of ether oxygens (including phenoxy) is 1. The number of aryl methyl sites for hydroxylation is 1. The molecule has 0 saturated heterocycles. The van der Waals surface area contributed by atoms with Crippen LogP contribution in [-0.4, -0.2) is 11.1 Å². The van der Waals surface area contributed by atoms with Gasteiger partial charge < -0.3 is 15.2 Å². The van der Waals surface area contributed by atoms with Crippen LogP contribution in [0.25, 0.3) is 0 Å². The molecule has 0 spiro atoms. The fourth-order valence-corrected chi connectivity index (χ4v) is 3.31. The van der Waals surface area contributed by atoms with Crippen molar-refractivity contribution in [2.45, 2.75) is 26.6 Å². The first-order valence-corrected chi connectivity index (χ1v) is 9.80. The molecule has 5 heteroatoms. The monoisotopic (exact) mass is 439 g/mol. The maximum absolute atomic E-state index is 10.9. The van der Waals surface area contributed by atoms with Crippen molar-refractivity contribution in [3.8, 4) is 5.75 Å². The van der Waals surface area contributed by atoms with Crippen molar-refractivity contribution < 1.29 is 14.6 Å². The van der Waals surface area contributed by atoms with Crippen LogP contribution in [0.4, 0.5) is 0 Å². The molecule has 0 amide bonds. The second-order valence-corrected chi connectivity index (χ2v) is 7.55. The summed E-state index contributed by atoms with van der Waals surface area (Å²) in [6.45, 7) is 3.88. The van der Waals surface area contributed by atoms with E-state index in [1.165, 1.54) is 5.56 Å². The molecular weight excluding hydrogens is 418 g/mol. The Balaban J connectivity index is 1.61. The van der Waals surface area contributed by atoms with Gasteiger partial charge in [0.25, 0.3) is 0 Å². The van der Waals surface area contributed by atoms with Crippen LogP contribution in [0.5, 0.6) is 5.75 Å². The molecule has 0 aliphatic carbocycles. The van der Waals surface area contributed by atoms with Crippen molar-refractivity contribution in [2.75, 3.05) is 0 Å². The number of carboxylic acids is 1. The van der Waals surface area contributed by atoms with Gasteiger partial charge in [-0.2, -0.15) is 0 Å². The smallest absolute Gasteiger partial charge is 0.335 e. The normalized spacial score (nSPS) is 10.6. The topological polar surface area (TPSA) is 58.6 Å². The van der Waals surface area contributed by atoms with Gasteiger partial charge in [0.1, 0.15) is 12.4 Å². The highest BCUT2D eigenvalue weighted by molar-refractivity contribution is 9.10. The number of hydrogen-bond acceptors (Lipinski definition) is 3. The van der Waals surface area contributed by atoms with E-state index in [2.05, 4.69) is 46.4 Å². The molecule has 0 heterocycles. The second kappa shape index (κ2) is 9.53. The van der Waals surface area contributed by atoms with Gasteiger partial charge in [-0.15, -0.1) is 0 Å². The van der Waals surface area contributed by atoms with Crippen LogP contribution < -0.4 is 10.1 Å². The van der Waals surface area contributed by atoms with Gasteiger partial charge in [-0.25, -0.2) is 4.79 Å². The molecule has 3 aromatic rings. The Kier molecular flexibility index (Phi) is 6.85. The lowest BCUT2D eigenvalue weighted by Gasteiger charge is -2.13. The van der Waals surface area contributed by atoms with Crippen LogP contribution >= 0.6 is 15.9 Å². The zero-order chi connectivity index (χ0) is 19.9. The van der Waals surface area contributed by atoms with E-state index < -0.39 is 5.97 Å². The van der Waals surface area contributed by atoms with E-state index in [1.54, 1.807) is 12.1 Å². The van der Waals surface area contributed by atoms with Crippen LogP contribution in [0.3, 0.4) is 0 Å². The molecule has 4 nitrogen and oxygen atoms in total. The van der Waals surface area contributed by atoms with E-state index in [-0.39, 0.29) is 0 Å². The third-order valence-electron chi connectivity index (χ3n) is 4.34. The van der Waals surface area contributed by atoms with Crippen LogP contribution in [0.15, 0.2) is 71.2 Å². The molecule has 3 aromatic carbocycles. The average Bonchev–Trinajstić information content (AvgIpc) is 2.68. The average molecular weight is 440 g/mol. The van der Waals surface area contributed by atoms with Crippen molar-refractivity contribution in [1.29, 1.82) is 0 Å². The van der Waals surface area contributed by atoms with Crippen molar-refractivity contribution in [3.05, 3.63) is 99.0 Å². The number of carbonyl (C=O) groups is 1. The van der Waals surface area contributed by atoms with E-state index in [1.807, 2.05) is 36.4 Å². The summed E-state index contributed by atoms with van der Waals surface area (Å²) < 4.78 is 7.05. The highest BCUT2D eigenvalue weighted by Crippen LogP contribution is 2.24. The van der Waals surface area contributed by atoms with Gasteiger partial charge in [0, 0.05) is 23.1 Å². The van der Waals surface area contributed by atoms with Gasteiger partial charge in [0.05, 0.1) is 5.56 Å². The van der Waals surface area contributed by atoms with E-state index in [9.17, 15) is 4.79 Å². The van der Waals surface area contributed by atoms with Gasteiger partial charge in [0.15, 0.2) is 0 Å². The summed E-state index contributed by atoms with van der Waals surface area (Å²) >= 11 is 3.52. The van der Waals surface area contributed by atoms with Gasteiger partial charge in [0.2, 0.25) is 0 Å². The first-order chi connectivity index (χ1) is 13.5. The summed E-state index contributed by atoms with van der Waals surface area (Å²) in [4.78, 5) is 10.9. The Morgan fingerprint density at radius 2 is 1.79 bits per heavy atom. The summed E-state index contributed by atoms with van der Waals surface area (Å²) in [7, 11) is 0. The third kappa shape index (κ3) is 5.68. The van der Waals surface area contributed by atoms with Gasteiger partial charge >= 0.3 is 5.97 Å². The predicted octanol–water partition coefficient (Wildman–Crippen LogP) is 5.32. The molecule has 0 bridgehead atoms. The zero-order valence-corrected chi connectivity index (χ0v) is 17.2. The molecule has 0 aliphatic rings. The van der Waals surface area contributed by atoms with Crippen LogP contribution in [0.1, 0.15) is 32.6 Å². The zero-order valence-electron chi connectivity index (χ0n) is 15.6. The van der Waals surface area contributed by atoms with E-state index in [4.69, 9.17) is 9.84 Å². The molecule has 0 fully saturated rings.